The zero-order chi connectivity index (χ0) is 19.2. The minimum absolute atomic E-state index is 0.0825. The Kier molecular flexibility index (Phi) is 6.90. The number of nitrogens with zero attached hydrogens (tertiary/aromatic N) is 2. The molecule has 0 aliphatic carbocycles. The molecule has 3 rings (SSSR count). The molecule has 150 valence electrons. The van der Waals surface area contributed by atoms with Gasteiger partial charge in [0.15, 0.2) is 0 Å². The molecule has 1 amide bonds. The molecule has 27 heavy (non-hydrogen) atoms. The maximum absolute atomic E-state index is 12.6. The molecule has 7 nitrogen and oxygen atoms in total. The summed E-state index contributed by atoms with van der Waals surface area (Å²) in [7, 11) is 0. The van der Waals surface area contributed by atoms with E-state index in [0.717, 1.165) is 38.0 Å². The highest BCUT2D eigenvalue weighted by atomic mass is 16.5. The second-order valence-electron chi connectivity index (χ2n) is 7.91. The lowest BCUT2D eigenvalue weighted by molar-refractivity contribution is -0.0513. The van der Waals surface area contributed by atoms with Crippen molar-refractivity contribution in [1.29, 1.82) is 0 Å². The summed E-state index contributed by atoms with van der Waals surface area (Å²) in [6, 6.07) is 3.40. The summed E-state index contributed by atoms with van der Waals surface area (Å²) in [5.41, 5.74) is 1.27. The SMILES string of the molecule is CC(C)CC(CO)NC(=O)c1ccc(N2CCCC2)c(OCC2COC2)n1. The van der Waals surface area contributed by atoms with Crippen molar-refractivity contribution < 1.29 is 19.4 Å². The van der Waals surface area contributed by atoms with Gasteiger partial charge >= 0.3 is 0 Å². The smallest absolute Gasteiger partial charge is 0.270 e. The monoisotopic (exact) mass is 377 g/mol. The van der Waals surface area contributed by atoms with Crippen LogP contribution in [-0.4, -0.2) is 61.6 Å². The summed E-state index contributed by atoms with van der Waals surface area (Å²) in [5, 5.41) is 12.4. The fraction of sp³-hybridized carbons (Fsp3) is 0.700. The highest BCUT2D eigenvalue weighted by Crippen LogP contribution is 2.30. The van der Waals surface area contributed by atoms with Crippen molar-refractivity contribution in [3.63, 3.8) is 0 Å². The van der Waals surface area contributed by atoms with Crippen LogP contribution in [0.25, 0.3) is 0 Å². The molecule has 0 aromatic carbocycles. The molecule has 1 unspecified atom stereocenters. The fourth-order valence-corrected chi connectivity index (χ4v) is 3.45. The molecule has 2 fully saturated rings. The molecule has 0 spiro atoms. The number of anilines is 1. The lowest BCUT2D eigenvalue weighted by Crippen LogP contribution is -2.39. The maximum atomic E-state index is 12.6. The third-order valence-corrected chi connectivity index (χ3v) is 4.99. The van der Waals surface area contributed by atoms with Gasteiger partial charge in [0.1, 0.15) is 5.69 Å². The average molecular weight is 377 g/mol. The number of hydrogen-bond donors (Lipinski definition) is 2. The van der Waals surface area contributed by atoms with E-state index in [1.54, 1.807) is 6.07 Å². The predicted octanol–water partition coefficient (Wildman–Crippen LogP) is 1.84. The van der Waals surface area contributed by atoms with Gasteiger partial charge < -0.3 is 24.8 Å². The van der Waals surface area contributed by atoms with Gasteiger partial charge in [-0.1, -0.05) is 13.8 Å². The Morgan fingerprint density at radius 2 is 2.11 bits per heavy atom. The second kappa shape index (κ2) is 9.37. The Balaban J connectivity index is 1.73. The van der Waals surface area contributed by atoms with E-state index in [1.807, 2.05) is 6.07 Å². The predicted molar refractivity (Wildman–Crippen MR) is 103 cm³/mol. The standard InChI is InChI=1S/C20H31N3O4/c1-14(2)9-16(10-24)21-19(25)17-5-6-18(23-7-3-4-8-23)20(22-17)27-13-15-11-26-12-15/h5-6,14-16,24H,3-4,7-13H2,1-2H3,(H,21,25). The molecule has 3 heterocycles. The van der Waals surface area contributed by atoms with Crippen LogP contribution in [0.3, 0.4) is 0 Å². The molecule has 1 aromatic rings. The van der Waals surface area contributed by atoms with E-state index in [4.69, 9.17) is 9.47 Å². The number of aliphatic hydroxyl groups excluding tert-OH is 1. The Morgan fingerprint density at radius 1 is 1.37 bits per heavy atom. The zero-order valence-electron chi connectivity index (χ0n) is 16.3. The van der Waals surface area contributed by atoms with Crippen LogP contribution in [0, 0.1) is 11.8 Å². The molecule has 1 aromatic heterocycles. The van der Waals surface area contributed by atoms with E-state index in [2.05, 4.69) is 29.0 Å². The van der Waals surface area contributed by atoms with E-state index in [1.165, 1.54) is 0 Å². The zero-order valence-corrected chi connectivity index (χ0v) is 16.3. The van der Waals surface area contributed by atoms with Crippen molar-refractivity contribution in [1.82, 2.24) is 10.3 Å². The molecular formula is C20H31N3O4. The summed E-state index contributed by atoms with van der Waals surface area (Å²) in [4.78, 5) is 19.4. The molecule has 2 aliphatic rings. The van der Waals surface area contributed by atoms with Gasteiger partial charge in [-0.05, 0) is 37.3 Å². The lowest BCUT2D eigenvalue weighted by Gasteiger charge is -2.27. The minimum Gasteiger partial charge on any atom is -0.476 e. The van der Waals surface area contributed by atoms with Gasteiger partial charge in [0.25, 0.3) is 5.91 Å². The van der Waals surface area contributed by atoms with Crippen molar-refractivity contribution in [3.05, 3.63) is 17.8 Å². The number of amides is 1. The summed E-state index contributed by atoms with van der Waals surface area (Å²) in [5.74, 6) is 1.01. The van der Waals surface area contributed by atoms with Gasteiger partial charge in [-0.3, -0.25) is 4.79 Å². The van der Waals surface area contributed by atoms with Crippen LogP contribution in [0.15, 0.2) is 12.1 Å². The first-order valence-corrected chi connectivity index (χ1v) is 9.95. The van der Waals surface area contributed by atoms with Crippen molar-refractivity contribution in [2.75, 3.05) is 44.4 Å². The van der Waals surface area contributed by atoms with Crippen LogP contribution in [0.5, 0.6) is 5.88 Å². The molecule has 7 heteroatoms. The van der Waals surface area contributed by atoms with Gasteiger partial charge in [0.05, 0.1) is 38.2 Å². The van der Waals surface area contributed by atoms with E-state index in [0.29, 0.717) is 43.2 Å². The third kappa shape index (κ3) is 5.32. The van der Waals surface area contributed by atoms with E-state index in [-0.39, 0.29) is 18.6 Å². The highest BCUT2D eigenvalue weighted by molar-refractivity contribution is 5.93. The quantitative estimate of drug-likeness (QED) is 0.683. The topological polar surface area (TPSA) is 83.9 Å². The normalized spacial score (nSPS) is 18.4. The summed E-state index contributed by atoms with van der Waals surface area (Å²) < 4.78 is 11.2. The van der Waals surface area contributed by atoms with Gasteiger partial charge in [0.2, 0.25) is 5.88 Å². The van der Waals surface area contributed by atoms with Gasteiger partial charge in [-0.2, -0.15) is 0 Å². The molecule has 2 saturated heterocycles. The Morgan fingerprint density at radius 3 is 2.70 bits per heavy atom. The van der Waals surface area contributed by atoms with Crippen LogP contribution in [0.2, 0.25) is 0 Å². The minimum atomic E-state index is -0.278. The molecule has 0 saturated carbocycles. The Labute approximate surface area is 161 Å². The van der Waals surface area contributed by atoms with Crippen LogP contribution < -0.4 is 15.0 Å². The fourth-order valence-electron chi connectivity index (χ4n) is 3.45. The molecule has 1 atom stereocenters. The van der Waals surface area contributed by atoms with E-state index < -0.39 is 0 Å². The first kappa shape index (κ1) is 19.9. The highest BCUT2D eigenvalue weighted by Gasteiger charge is 2.24. The molecule has 2 aliphatic heterocycles. The van der Waals surface area contributed by atoms with E-state index in [9.17, 15) is 9.90 Å². The Bertz CT molecular complexity index is 628. The number of hydrogen-bond acceptors (Lipinski definition) is 6. The maximum Gasteiger partial charge on any atom is 0.270 e. The molecule has 2 N–H and O–H groups in total. The van der Waals surface area contributed by atoms with Crippen LogP contribution in [0.1, 0.15) is 43.6 Å². The summed E-state index contributed by atoms with van der Waals surface area (Å²) >= 11 is 0. The number of pyridine rings is 1. The second-order valence-corrected chi connectivity index (χ2v) is 7.91. The summed E-state index contributed by atoms with van der Waals surface area (Å²) in [6.45, 7) is 7.99. The van der Waals surface area contributed by atoms with Crippen molar-refractivity contribution in [2.45, 2.75) is 39.2 Å². The van der Waals surface area contributed by atoms with Crippen molar-refractivity contribution >= 4 is 11.6 Å². The van der Waals surface area contributed by atoms with Crippen LogP contribution in [-0.2, 0) is 4.74 Å². The van der Waals surface area contributed by atoms with Gasteiger partial charge in [0, 0.05) is 19.0 Å². The average Bonchev–Trinajstić information content (AvgIpc) is 3.13. The number of aliphatic hydroxyl groups is 1. The Hall–Kier alpha value is -1.86. The van der Waals surface area contributed by atoms with E-state index >= 15 is 0 Å². The number of nitrogens with one attached hydrogen (secondary N) is 1. The first-order chi connectivity index (χ1) is 13.1. The third-order valence-electron chi connectivity index (χ3n) is 4.99. The van der Waals surface area contributed by atoms with Crippen molar-refractivity contribution in [3.8, 4) is 5.88 Å². The summed E-state index contributed by atoms with van der Waals surface area (Å²) in [6.07, 6.45) is 3.04. The van der Waals surface area contributed by atoms with Crippen molar-refractivity contribution in [2.24, 2.45) is 11.8 Å². The number of aromatic nitrogens is 1. The molecule has 0 radical (unpaired) electrons. The number of carbonyl (C=O) groups excluding carboxylic acids is 1. The van der Waals surface area contributed by atoms with Crippen LogP contribution in [0.4, 0.5) is 5.69 Å². The molecular weight excluding hydrogens is 346 g/mol. The molecule has 0 bridgehead atoms. The number of rotatable bonds is 9. The lowest BCUT2D eigenvalue weighted by atomic mass is 10.0. The van der Waals surface area contributed by atoms with Crippen LogP contribution >= 0.6 is 0 Å². The number of ether oxygens (including phenoxy) is 2. The van der Waals surface area contributed by atoms with Gasteiger partial charge in [-0.15, -0.1) is 0 Å². The van der Waals surface area contributed by atoms with Gasteiger partial charge in [-0.25, -0.2) is 4.98 Å². The largest absolute Gasteiger partial charge is 0.476 e. The number of carbonyl (C=O) groups is 1. The first-order valence-electron chi connectivity index (χ1n) is 9.95.